The third-order valence-corrected chi connectivity index (χ3v) is 4.61. The Morgan fingerprint density at radius 3 is 3.05 bits per heavy atom. The van der Waals surface area contributed by atoms with Gasteiger partial charge in [0.1, 0.15) is 0 Å². The molecule has 0 unspecified atom stereocenters. The molecule has 0 atom stereocenters. The first-order valence-corrected chi connectivity index (χ1v) is 7.97. The van der Waals surface area contributed by atoms with Gasteiger partial charge in [-0.25, -0.2) is 15.0 Å². The van der Waals surface area contributed by atoms with Crippen LogP contribution in [0.3, 0.4) is 0 Å². The van der Waals surface area contributed by atoms with Crippen LogP contribution in [0.25, 0.3) is 10.6 Å². The molecule has 1 N–H and O–H groups in total. The van der Waals surface area contributed by atoms with E-state index in [0.717, 1.165) is 34.8 Å². The third-order valence-electron chi connectivity index (χ3n) is 3.45. The SMILES string of the molecule is Sc1cccc(Nc2ncc3c(n2)-c2scnc2CC3)c1. The van der Waals surface area contributed by atoms with Crippen molar-refractivity contribution in [3.8, 4) is 10.6 Å². The molecule has 4 rings (SSSR count). The maximum Gasteiger partial charge on any atom is 0.227 e. The van der Waals surface area contributed by atoms with Gasteiger partial charge in [0, 0.05) is 16.8 Å². The lowest BCUT2D eigenvalue weighted by Crippen LogP contribution is -2.07. The summed E-state index contributed by atoms with van der Waals surface area (Å²) >= 11 is 5.99. The van der Waals surface area contributed by atoms with Gasteiger partial charge in [0.25, 0.3) is 0 Å². The number of fused-ring (bicyclic) bond motifs is 3. The van der Waals surface area contributed by atoms with Gasteiger partial charge >= 0.3 is 0 Å². The van der Waals surface area contributed by atoms with Gasteiger partial charge < -0.3 is 5.32 Å². The van der Waals surface area contributed by atoms with Crippen molar-refractivity contribution in [1.29, 1.82) is 0 Å². The van der Waals surface area contributed by atoms with E-state index < -0.39 is 0 Å². The second kappa shape index (κ2) is 5.13. The fourth-order valence-electron chi connectivity index (χ4n) is 2.45. The molecule has 0 aliphatic heterocycles. The molecule has 1 aliphatic rings. The van der Waals surface area contributed by atoms with Crippen LogP contribution in [0.15, 0.2) is 40.9 Å². The summed E-state index contributed by atoms with van der Waals surface area (Å²) in [4.78, 5) is 15.6. The molecule has 21 heavy (non-hydrogen) atoms. The summed E-state index contributed by atoms with van der Waals surface area (Å²) in [6.07, 6.45) is 3.85. The van der Waals surface area contributed by atoms with Crippen LogP contribution in [0.5, 0.6) is 0 Å². The van der Waals surface area contributed by atoms with Crippen molar-refractivity contribution < 1.29 is 0 Å². The van der Waals surface area contributed by atoms with Crippen LogP contribution in [0.1, 0.15) is 11.3 Å². The van der Waals surface area contributed by atoms with Crippen LogP contribution in [-0.2, 0) is 12.8 Å². The maximum absolute atomic E-state index is 4.68. The fourth-order valence-corrected chi connectivity index (χ4v) is 3.54. The van der Waals surface area contributed by atoms with E-state index in [1.54, 1.807) is 11.3 Å². The van der Waals surface area contributed by atoms with Gasteiger partial charge in [-0.05, 0) is 36.6 Å². The average molecular weight is 312 g/mol. The zero-order chi connectivity index (χ0) is 14.2. The van der Waals surface area contributed by atoms with Crippen LogP contribution in [0, 0.1) is 0 Å². The molecular formula is C15H12N4S2. The zero-order valence-electron chi connectivity index (χ0n) is 11.1. The van der Waals surface area contributed by atoms with Gasteiger partial charge in [-0.3, -0.25) is 0 Å². The lowest BCUT2D eigenvalue weighted by Gasteiger charge is -2.15. The third kappa shape index (κ3) is 2.41. The van der Waals surface area contributed by atoms with Crippen molar-refractivity contribution in [2.24, 2.45) is 0 Å². The molecule has 1 aromatic carbocycles. The molecule has 4 nitrogen and oxygen atoms in total. The summed E-state index contributed by atoms with van der Waals surface area (Å²) < 4.78 is 0. The minimum absolute atomic E-state index is 0.605. The standard InChI is InChI=1S/C15H12N4S2/c20-11-3-1-2-10(6-11)18-15-16-7-9-4-5-12-14(13(9)19-15)21-8-17-12/h1-3,6-8,20H,4-5H2,(H,16,18,19). The van der Waals surface area contributed by atoms with Crippen molar-refractivity contribution in [2.75, 3.05) is 5.32 Å². The lowest BCUT2D eigenvalue weighted by atomic mass is 10.00. The molecule has 0 radical (unpaired) electrons. The predicted octanol–water partition coefficient (Wildman–Crippen LogP) is 3.73. The second-order valence-electron chi connectivity index (χ2n) is 4.87. The Hall–Kier alpha value is -1.92. The van der Waals surface area contributed by atoms with Gasteiger partial charge in [-0.15, -0.1) is 24.0 Å². The van der Waals surface area contributed by atoms with E-state index in [1.807, 2.05) is 36.0 Å². The molecule has 0 amide bonds. The normalized spacial score (nSPS) is 12.6. The number of hydrogen-bond acceptors (Lipinski definition) is 6. The highest BCUT2D eigenvalue weighted by Gasteiger charge is 2.20. The molecule has 0 fully saturated rings. The molecule has 104 valence electrons. The highest BCUT2D eigenvalue weighted by molar-refractivity contribution is 7.80. The second-order valence-corrected chi connectivity index (χ2v) is 6.24. The van der Waals surface area contributed by atoms with E-state index in [2.05, 4.69) is 32.9 Å². The minimum atomic E-state index is 0.605. The highest BCUT2D eigenvalue weighted by atomic mass is 32.1. The van der Waals surface area contributed by atoms with Crippen molar-refractivity contribution in [1.82, 2.24) is 15.0 Å². The molecule has 0 saturated carbocycles. The highest BCUT2D eigenvalue weighted by Crippen LogP contribution is 2.34. The van der Waals surface area contributed by atoms with Crippen molar-refractivity contribution >= 4 is 35.6 Å². The summed E-state index contributed by atoms with van der Waals surface area (Å²) in [6, 6.07) is 7.81. The minimum Gasteiger partial charge on any atom is -0.324 e. The van der Waals surface area contributed by atoms with Gasteiger partial charge in [-0.2, -0.15) is 0 Å². The van der Waals surface area contributed by atoms with Crippen LogP contribution < -0.4 is 5.32 Å². The van der Waals surface area contributed by atoms with E-state index >= 15 is 0 Å². The van der Waals surface area contributed by atoms with Crippen LogP contribution in [0.2, 0.25) is 0 Å². The Bertz CT molecular complexity index is 813. The van der Waals surface area contributed by atoms with Crippen molar-refractivity contribution in [2.45, 2.75) is 17.7 Å². The molecule has 3 aromatic rings. The number of thiol groups is 1. The van der Waals surface area contributed by atoms with Gasteiger partial charge in [-0.1, -0.05) is 6.07 Å². The van der Waals surface area contributed by atoms with Crippen molar-refractivity contribution in [3.05, 3.63) is 47.2 Å². The van der Waals surface area contributed by atoms with Crippen molar-refractivity contribution in [3.63, 3.8) is 0 Å². The van der Waals surface area contributed by atoms with E-state index in [-0.39, 0.29) is 0 Å². The molecule has 0 spiro atoms. The number of thiazole rings is 1. The molecular weight excluding hydrogens is 300 g/mol. The number of anilines is 2. The predicted molar refractivity (Wildman–Crippen MR) is 87.5 cm³/mol. The van der Waals surface area contributed by atoms with Crippen LogP contribution in [0.4, 0.5) is 11.6 Å². The Labute approximate surface area is 131 Å². The molecule has 0 saturated heterocycles. The van der Waals surface area contributed by atoms with Crippen LogP contribution >= 0.6 is 24.0 Å². The fraction of sp³-hybridized carbons (Fsp3) is 0.133. The smallest absolute Gasteiger partial charge is 0.227 e. The van der Waals surface area contributed by atoms with E-state index in [4.69, 9.17) is 0 Å². The number of rotatable bonds is 2. The Kier molecular flexibility index (Phi) is 3.12. The summed E-state index contributed by atoms with van der Waals surface area (Å²) in [6.45, 7) is 0. The first-order chi connectivity index (χ1) is 10.3. The average Bonchev–Trinajstić information content (AvgIpc) is 2.96. The number of benzene rings is 1. The van der Waals surface area contributed by atoms with Crippen LogP contribution in [-0.4, -0.2) is 15.0 Å². The topological polar surface area (TPSA) is 50.7 Å². The van der Waals surface area contributed by atoms with Gasteiger partial charge in [0.2, 0.25) is 5.95 Å². The zero-order valence-corrected chi connectivity index (χ0v) is 12.8. The van der Waals surface area contributed by atoms with Gasteiger partial charge in [0.15, 0.2) is 0 Å². The summed E-state index contributed by atoms with van der Waals surface area (Å²) in [5.74, 6) is 0.605. The summed E-state index contributed by atoms with van der Waals surface area (Å²) in [7, 11) is 0. The largest absolute Gasteiger partial charge is 0.324 e. The number of nitrogens with one attached hydrogen (secondary N) is 1. The van der Waals surface area contributed by atoms with E-state index in [1.165, 1.54) is 10.4 Å². The summed E-state index contributed by atoms with van der Waals surface area (Å²) in [5, 5.41) is 3.23. The monoisotopic (exact) mass is 312 g/mol. The lowest BCUT2D eigenvalue weighted by molar-refractivity contribution is 0.888. The maximum atomic E-state index is 4.68. The Balaban J connectivity index is 1.72. The molecule has 2 heterocycles. The quantitative estimate of drug-likeness (QED) is 0.708. The molecule has 2 aromatic heterocycles. The molecule has 6 heteroatoms. The Morgan fingerprint density at radius 1 is 1.19 bits per heavy atom. The first kappa shape index (κ1) is 12.8. The summed E-state index contributed by atoms with van der Waals surface area (Å²) in [5.41, 5.74) is 6.18. The molecule has 1 aliphatic carbocycles. The van der Waals surface area contributed by atoms with E-state index in [0.29, 0.717) is 5.95 Å². The van der Waals surface area contributed by atoms with Gasteiger partial charge in [0.05, 0.1) is 21.8 Å². The Morgan fingerprint density at radius 2 is 2.14 bits per heavy atom. The number of hydrogen-bond donors (Lipinski definition) is 2. The molecule has 0 bridgehead atoms. The number of aryl methyl sites for hydroxylation is 2. The number of nitrogens with zero attached hydrogens (tertiary/aromatic N) is 3. The number of aromatic nitrogens is 3. The van der Waals surface area contributed by atoms with E-state index in [9.17, 15) is 0 Å². The first-order valence-electron chi connectivity index (χ1n) is 6.64.